The molecule has 3 aliphatic rings. The van der Waals surface area contributed by atoms with Gasteiger partial charge >= 0.3 is 5.97 Å². The van der Waals surface area contributed by atoms with Crippen LogP contribution in [0.3, 0.4) is 0 Å². The number of nitrogens with two attached hydrogens (primary N) is 2. The predicted octanol–water partition coefficient (Wildman–Crippen LogP) is 0.118. The number of phenols is 1. The first-order valence-electron chi connectivity index (χ1n) is 15.9. The van der Waals surface area contributed by atoms with Gasteiger partial charge in [-0.15, -0.1) is 23.1 Å². The summed E-state index contributed by atoms with van der Waals surface area (Å²) in [7, 11) is 1.40. The van der Waals surface area contributed by atoms with Crippen LogP contribution in [0.1, 0.15) is 32.4 Å². The molecule has 2 aromatic rings. The number of aromatic nitrogens is 1. The highest BCUT2D eigenvalue weighted by molar-refractivity contribution is 8.00. The zero-order chi connectivity index (χ0) is 38.0. The number of oxime groups is 1. The van der Waals surface area contributed by atoms with Crippen molar-refractivity contribution in [2.24, 2.45) is 15.9 Å². The molecular formula is C31H38ClN9O9S2. The van der Waals surface area contributed by atoms with E-state index < -0.39 is 46.5 Å². The summed E-state index contributed by atoms with van der Waals surface area (Å²) in [6.07, 6.45) is 1.83. The number of methoxy groups -OCH3 is 1. The Hall–Kier alpha value is -4.79. The molecule has 2 saturated heterocycles. The fourth-order valence-corrected chi connectivity index (χ4v) is 8.13. The molecule has 21 heteroatoms. The first-order chi connectivity index (χ1) is 24.6. The molecule has 1 aromatic heterocycles. The molecule has 2 fully saturated rings. The minimum absolute atomic E-state index is 0.00375. The summed E-state index contributed by atoms with van der Waals surface area (Å²) in [4.78, 5) is 65.7. The second-order valence-electron chi connectivity index (χ2n) is 12.8. The number of halogens is 1. The SMILES string of the molecule is COc1ccc(NC(N)=NCC[N+]2(CC3=C(C(=O)[O-])N4C(=O)[C@@H](NC(=O)/C(=N\OC(C)(C)C(=O)O)c5csc(N)n5)[C@H]4SC3)CCCC2)c(Cl)c1O. The van der Waals surface area contributed by atoms with Crippen molar-refractivity contribution in [2.75, 3.05) is 56.6 Å². The molecule has 3 aliphatic heterocycles. The van der Waals surface area contributed by atoms with Gasteiger partial charge in [0.2, 0.25) is 5.60 Å². The van der Waals surface area contributed by atoms with Gasteiger partial charge < -0.3 is 56.3 Å². The molecule has 0 unspecified atom stereocenters. The molecule has 5 rings (SSSR count). The number of hydrogen-bond acceptors (Lipinski definition) is 14. The van der Waals surface area contributed by atoms with Gasteiger partial charge in [0, 0.05) is 29.5 Å². The number of likely N-dealkylation sites (tertiary alicyclic amines) is 1. The van der Waals surface area contributed by atoms with Crippen molar-refractivity contribution >= 4 is 80.9 Å². The van der Waals surface area contributed by atoms with Crippen LogP contribution in [0.4, 0.5) is 10.8 Å². The second-order valence-corrected chi connectivity index (χ2v) is 15.1. The Bertz CT molecular complexity index is 1860. The van der Waals surface area contributed by atoms with Crippen molar-refractivity contribution in [3.8, 4) is 11.5 Å². The highest BCUT2D eigenvalue weighted by Gasteiger charge is 2.54. The molecule has 8 N–H and O–H groups in total. The lowest BCUT2D eigenvalue weighted by Gasteiger charge is -2.51. The number of fused-ring (bicyclic) bond motifs is 1. The number of nitrogen functional groups attached to an aromatic ring is 1. The van der Waals surface area contributed by atoms with Gasteiger partial charge in [0.05, 0.1) is 50.6 Å². The van der Waals surface area contributed by atoms with E-state index in [1.807, 2.05) is 0 Å². The van der Waals surface area contributed by atoms with Crippen LogP contribution in [-0.2, 0) is 24.0 Å². The average Bonchev–Trinajstić information content (AvgIpc) is 3.74. The summed E-state index contributed by atoms with van der Waals surface area (Å²) < 4.78 is 5.57. The zero-order valence-corrected chi connectivity index (χ0v) is 30.8. The van der Waals surface area contributed by atoms with E-state index in [0.29, 0.717) is 35.4 Å². The minimum atomic E-state index is -1.79. The largest absolute Gasteiger partial charge is 0.543 e. The lowest BCUT2D eigenvalue weighted by Crippen LogP contribution is -2.72. The van der Waals surface area contributed by atoms with Gasteiger partial charge in [0.15, 0.2) is 28.3 Å². The Balaban J connectivity index is 1.29. The van der Waals surface area contributed by atoms with Crippen molar-refractivity contribution in [3.05, 3.63) is 39.5 Å². The third-order valence-corrected chi connectivity index (χ3v) is 11.2. The number of thioether (sulfide) groups is 1. The Morgan fingerprint density at radius 3 is 2.60 bits per heavy atom. The van der Waals surface area contributed by atoms with Crippen LogP contribution in [0.2, 0.25) is 5.02 Å². The quantitative estimate of drug-likeness (QED) is 0.0489. The van der Waals surface area contributed by atoms with Crippen LogP contribution < -0.4 is 31.9 Å². The molecule has 0 aliphatic carbocycles. The number of ether oxygens (including phenoxy) is 1. The van der Waals surface area contributed by atoms with Crippen LogP contribution in [0.5, 0.6) is 11.5 Å². The summed E-state index contributed by atoms with van der Waals surface area (Å²) in [6, 6.07) is 2.00. The highest BCUT2D eigenvalue weighted by atomic mass is 35.5. The van der Waals surface area contributed by atoms with E-state index in [1.165, 1.54) is 44.2 Å². The van der Waals surface area contributed by atoms with E-state index in [0.717, 1.165) is 42.2 Å². The van der Waals surface area contributed by atoms with E-state index >= 15 is 0 Å². The van der Waals surface area contributed by atoms with Gasteiger partial charge in [-0.1, -0.05) is 16.8 Å². The fraction of sp³-hybridized carbons (Fsp3) is 0.452. The number of aromatic hydroxyl groups is 1. The predicted molar refractivity (Wildman–Crippen MR) is 192 cm³/mol. The van der Waals surface area contributed by atoms with Crippen LogP contribution in [0, 0.1) is 0 Å². The number of quaternary nitrogens is 1. The van der Waals surface area contributed by atoms with E-state index in [-0.39, 0.29) is 44.8 Å². The average molecular weight is 780 g/mol. The Labute approximate surface area is 311 Å². The van der Waals surface area contributed by atoms with Crippen molar-refractivity contribution in [2.45, 2.75) is 43.7 Å². The molecule has 280 valence electrons. The Kier molecular flexibility index (Phi) is 11.4. The standard InChI is InChI=1S/C31H38ClN9O9S2/c1-31(2,28(47)48)50-39-20(17-14-52-30(34)37-17)24(43)38-21-25(44)40-22(27(45)46)15(13-51-26(21)40)12-41(9-4-5-10-41)11-8-35-29(33)36-16-6-7-18(49-3)23(42)19(16)32/h6-7,14,21,26H,4-5,8-13H2,1-3H3,(H8-,33,34,35,36,37,38,42,43,45,46,47,48)/b39-20-/t21-,26-/m1/s1. The number of carboxylic acid groups (broad SMARTS) is 2. The van der Waals surface area contributed by atoms with Gasteiger partial charge in [0.25, 0.3) is 11.8 Å². The molecule has 4 heterocycles. The summed E-state index contributed by atoms with van der Waals surface area (Å²) in [5.74, 6) is -4.11. The van der Waals surface area contributed by atoms with Crippen molar-refractivity contribution in [1.29, 1.82) is 0 Å². The summed E-state index contributed by atoms with van der Waals surface area (Å²) in [6.45, 7) is 5.15. The number of phenolic OH excluding ortho intramolecular Hbond substituents is 1. The molecule has 0 radical (unpaired) electrons. The van der Waals surface area contributed by atoms with Crippen molar-refractivity contribution < 1.29 is 48.6 Å². The second kappa shape index (κ2) is 15.4. The molecule has 0 saturated carbocycles. The number of carbonyl (C=O) groups excluding carboxylic acids is 3. The molecule has 0 spiro atoms. The number of benzene rings is 1. The normalized spacial score (nSPS) is 20.2. The smallest absolute Gasteiger partial charge is 0.350 e. The number of carboxylic acids is 2. The maximum absolute atomic E-state index is 13.5. The number of aliphatic carboxylic acids is 2. The molecule has 18 nitrogen and oxygen atoms in total. The lowest BCUT2D eigenvalue weighted by atomic mass is 10.0. The topological polar surface area (TPSA) is 267 Å². The van der Waals surface area contributed by atoms with E-state index in [1.54, 1.807) is 6.07 Å². The van der Waals surface area contributed by atoms with Gasteiger partial charge in [-0.25, -0.2) is 14.8 Å². The van der Waals surface area contributed by atoms with Crippen LogP contribution in [0.15, 0.2) is 38.9 Å². The van der Waals surface area contributed by atoms with Crippen LogP contribution in [-0.4, -0.2) is 123 Å². The third-order valence-electron chi connectivity index (χ3n) is 8.85. The number of amides is 2. The van der Waals surface area contributed by atoms with E-state index in [2.05, 4.69) is 25.8 Å². The zero-order valence-electron chi connectivity index (χ0n) is 28.4. The Morgan fingerprint density at radius 2 is 1.98 bits per heavy atom. The minimum Gasteiger partial charge on any atom is -0.543 e. The number of guanidine groups is 1. The van der Waals surface area contributed by atoms with Gasteiger partial charge in [-0.2, -0.15) is 0 Å². The number of nitrogens with zero attached hydrogens (tertiary/aromatic N) is 5. The van der Waals surface area contributed by atoms with Gasteiger partial charge in [-0.3, -0.25) is 14.5 Å². The first-order valence-corrected chi connectivity index (χ1v) is 18.3. The fourth-order valence-electron chi connectivity index (χ4n) is 6.04. The summed E-state index contributed by atoms with van der Waals surface area (Å²) >= 11 is 8.54. The first kappa shape index (κ1) is 38.4. The molecular weight excluding hydrogens is 742 g/mol. The number of nitrogens with one attached hydrogen (secondary N) is 2. The van der Waals surface area contributed by atoms with Crippen molar-refractivity contribution in [3.63, 3.8) is 0 Å². The molecule has 2 amide bonds. The third kappa shape index (κ3) is 7.98. The number of rotatable bonds is 14. The number of hydrogen-bond donors (Lipinski definition) is 6. The monoisotopic (exact) mass is 779 g/mol. The number of anilines is 2. The van der Waals surface area contributed by atoms with Gasteiger partial charge in [-0.05, 0) is 26.0 Å². The number of aliphatic imine (C=N–C) groups is 1. The van der Waals surface area contributed by atoms with Crippen LogP contribution in [0.25, 0.3) is 0 Å². The summed E-state index contributed by atoms with van der Waals surface area (Å²) in [5.41, 5.74) is 10.3. The highest BCUT2D eigenvalue weighted by Crippen LogP contribution is 2.42. The molecule has 2 atom stereocenters. The van der Waals surface area contributed by atoms with Gasteiger partial charge in [0.1, 0.15) is 28.7 Å². The number of thiazole rings is 1. The van der Waals surface area contributed by atoms with Crippen molar-refractivity contribution in [1.82, 2.24) is 15.2 Å². The maximum Gasteiger partial charge on any atom is 0.350 e. The number of β-lactam (4-membered cyclic amide) rings is 1. The lowest BCUT2D eigenvalue weighted by molar-refractivity contribution is -0.910. The molecule has 1 aromatic carbocycles. The molecule has 0 bridgehead atoms. The number of carbonyl (C=O) groups is 4. The molecule has 52 heavy (non-hydrogen) atoms. The summed E-state index contributed by atoms with van der Waals surface area (Å²) in [5, 5.41) is 42.1. The van der Waals surface area contributed by atoms with E-state index in [9.17, 15) is 34.5 Å². The van der Waals surface area contributed by atoms with Crippen LogP contribution >= 0.6 is 34.7 Å². The Morgan fingerprint density at radius 1 is 1.27 bits per heavy atom. The maximum atomic E-state index is 13.5. The van der Waals surface area contributed by atoms with E-state index in [4.69, 9.17) is 32.6 Å².